The molecule has 0 bridgehead atoms. The molecule has 9 heteroatoms. The summed E-state index contributed by atoms with van der Waals surface area (Å²) in [5, 5.41) is 0. The van der Waals surface area contributed by atoms with Crippen LogP contribution in [-0.2, 0) is 10.0 Å². The van der Waals surface area contributed by atoms with E-state index in [0.717, 1.165) is 28.8 Å². The van der Waals surface area contributed by atoms with E-state index in [9.17, 15) is 8.42 Å². The lowest BCUT2D eigenvalue weighted by atomic mass is 10.1. The predicted molar refractivity (Wildman–Crippen MR) is 112 cm³/mol. The van der Waals surface area contributed by atoms with Gasteiger partial charge in [-0.1, -0.05) is 0 Å². The number of amidine groups is 1. The molecule has 0 aliphatic carbocycles. The van der Waals surface area contributed by atoms with Crippen molar-refractivity contribution in [3.05, 3.63) is 72.0 Å². The van der Waals surface area contributed by atoms with E-state index in [-0.39, 0.29) is 0 Å². The first-order chi connectivity index (χ1) is 13.9. The van der Waals surface area contributed by atoms with E-state index >= 15 is 0 Å². The molecule has 1 aliphatic rings. The Morgan fingerprint density at radius 1 is 1.10 bits per heavy atom. The quantitative estimate of drug-likeness (QED) is 0.666. The summed E-state index contributed by atoms with van der Waals surface area (Å²) >= 11 is 0. The second-order valence-electron chi connectivity index (χ2n) is 6.58. The molecule has 2 heterocycles. The van der Waals surface area contributed by atoms with Gasteiger partial charge in [-0.05, 0) is 54.6 Å². The number of anilines is 2. The number of nitrogens with one attached hydrogen (secondary N) is 1. The van der Waals surface area contributed by atoms with Crippen molar-refractivity contribution in [1.29, 1.82) is 0 Å². The molecule has 1 atom stereocenters. The van der Waals surface area contributed by atoms with Gasteiger partial charge in [0.2, 0.25) is 15.9 Å². The molecule has 1 unspecified atom stereocenters. The summed E-state index contributed by atoms with van der Waals surface area (Å²) < 4.78 is 36.1. The van der Waals surface area contributed by atoms with Crippen LogP contribution in [0.25, 0.3) is 0 Å². The van der Waals surface area contributed by atoms with Crippen molar-refractivity contribution in [2.45, 2.75) is 6.17 Å². The second-order valence-corrected chi connectivity index (χ2v) is 8.33. The molecule has 29 heavy (non-hydrogen) atoms. The van der Waals surface area contributed by atoms with E-state index in [1.165, 1.54) is 0 Å². The number of rotatable bonds is 5. The number of hydrogen-bond donors (Lipinski definition) is 2. The van der Waals surface area contributed by atoms with Crippen LogP contribution in [0.3, 0.4) is 0 Å². The summed E-state index contributed by atoms with van der Waals surface area (Å²) in [5.74, 6) is 1.78. The van der Waals surface area contributed by atoms with E-state index < -0.39 is 16.2 Å². The SMILES string of the molecule is COc1ccc(N2C(c3ccc(NS(C)(=O)=O)cc3)=Nc3occc3C2N)cc1. The van der Waals surface area contributed by atoms with Gasteiger partial charge < -0.3 is 19.8 Å². The van der Waals surface area contributed by atoms with Crippen molar-refractivity contribution in [2.75, 3.05) is 23.0 Å². The third kappa shape index (κ3) is 3.82. The number of nitrogens with zero attached hydrogens (tertiary/aromatic N) is 2. The summed E-state index contributed by atoms with van der Waals surface area (Å²) in [6, 6.07) is 16.2. The minimum absolute atomic E-state index is 0.454. The summed E-state index contributed by atoms with van der Waals surface area (Å²) in [5.41, 5.74) is 9.38. The number of methoxy groups -OCH3 is 1. The average Bonchev–Trinajstić information content (AvgIpc) is 3.17. The van der Waals surface area contributed by atoms with Crippen molar-refractivity contribution in [2.24, 2.45) is 10.7 Å². The largest absolute Gasteiger partial charge is 0.497 e. The second kappa shape index (κ2) is 7.26. The molecule has 3 N–H and O–H groups in total. The van der Waals surface area contributed by atoms with Crippen LogP contribution < -0.4 is 20.1 Å². The van der Waals surface area contributed by atoms with Crippen LogP contribution in [0, 0.1) is 0 Å². The molecule has 0 amide bonds. The number of fused-ring (bicyclic) bond motifs is 1. The van der Waals surface area contributed by atoms with E-state index in [2.05, 4.69) is 9.71 Å². The first kappa shape index (κ1) is 19.0. The van der Waals surface area contributed by atoms with Crippen molar-refractivity contribution in [3.8, 4) is 5.75 Å². The molecule has 0 saturated heterocycles. The average molecular weight is 412 g/mol. The molecule has 4 rings (SSSR count). The van der Waals surface area contributed by atoms with Crippen LogP contribution in [0.1, 0.15) is 17.3 Å². The highest BCUT2D eigenvalue weighted by Gasteiger charge is 2.31. The zero-order chi connectivity index (χ0) is 20.6. The van der Waals surface area contributed by atoms with Gasteiger partial charge in [0.1, 0.15) is 17.8 Å². The Hall–Kier alpha value is -3.30. The first-order valence-electron chi connectivity index (χ1n) is 8.79. The van der Waals surface area contributed by atoms with Gasteiger partial charge in [0.15, 0.2) is 0 Å². The third-order valence-corrected chi connectivity index (χ3v) is 5.11. The lowest BCUT2D eigenvalue weighted by Gasteiger charge is -2.34. The number of furan rings is 1. The van der Waals surface area contributed by atoms with Gasteiger partial charge in [0, 0.05) is 16.9 Å². The van der Waals surface area contributed by atoms with E-state index in [1.54, 1.807) is 43.7 Å². The van der Waals surface area contributed by atoms with Crippen LogP contribution in [0.4, 0.5) is 17.3 Å². The van der Waals surface area contributed by atoms with E-state index in [1.807, 2.05) is 29.2 Å². The molecule has 0 spiro atoms. The topological polar surface area (TPSA) is 110 Å². The molecule has 0 saturated carbocycles. The molecule has 0 fully saturated rings. The molecule has 8 nitrogen and oxygen atoms in total. The minimum atomic E-state index is -3.35. The number of ether oxygens (including phenoxy) is 1. The highest BCUT2D eigenvalue weighted by Crippen LogP contribution is 2.37. The molecule has 1 aliphatic heterocycles. The fraction of sp³-hybridized carbons (Fsp3) is 0.150. The lowest BCUT2D eigenvalue weighted by Crippen LogP contribution is -2.41. The Morgan fingerprint density at radius 2 is 1.79 bits per heavy atom. The molecular weight excluding hydrogens is 392 g/mol. The van der Waals surface area contributed by atoms with E-state index in [0.29, 0.717) is 17.4 Å². The number of benzene rings is 2. The molecule has 150 valence electrons. The van der Waals surface area contributed by atoms with Crippen molar-refractivity contribution >= 4 is 33.1 Å². The van der Waals surface area contributed by atoms with Crippen LogP contribution in [0.2, 0.25) is 0 Å². The smallest absolute Gasteiger partial charge is 0.229 e. The summed E-state index contributed by atoms with van der Waals surface area (Å²) in [7, 11) is -1.74. The zero-order valence-electron chi connectivity index (χ0n) is 15.9. The normalized spacial score (nSPS) is 16.2. The fourth-order valence-electron chi connectivity index (χ4n) is 3.18. The summed E-state index contributed by atoms with van der Waals surface area (Å²) in [6.07, 6.45) is 2.16. The number of aliphatic imine (C=N–C) groups is 1. The maximum atomic E-state index is 11.4. The summed E-state index contributed by atoms with van der Waals surface area (Å²) in [4.78, 5) is 6.56. The fourth-order valence-corrected chi connectivity index (χ4v) is 3.74. The lowest BCUT2D eigenvalue weighted by molar-refractivity contribution is 0.415. The highest BCUT2D eigenvalue weighted by molar-refractivity contribution is 7.92. The first-order valence-corrected chi connectivity index (χ1v) is 10.7. The third-order valence-electron chi connectivity index (χ3n) is 4.50. The molecular formula is C20H20N4O4S. The van der Waals surface area contributed by atoms with Crippen LogP contribution in [-0.4, -0.2) is 27.6 Å². The zero-order valence-corrected chi connectivity index (χ0v) is 16.7. The van der Waals surface area contributed by atoms with Gasteiger partial charge in [0.25, 0.3) is 0 Å². The Balaban J connectivity index is 1.77. The van der Waals surface area contributed by atoms with Gasteiger partial charge >= 0.3 is 0 Å². The van der Waals surface area contributed by atoms with Gasteiger partial charge in [-0.25, -0.2) is 8.42 Å². The monoisotopic (exact) mass is 412 g/mol. The van der Waals surface area contributed by atoms with E-state index in [4.69, 9.17) is 14.9 Å². The van der Waals surface area contributed by atoms with Gasteiger partial charge in [-0.3, -0.25) is 4.72 Å². The van der Waals surface area contributed by atoms with Crippen molar-refractivity contribution in [3.63, 3.8) is 0 Å². The molecule has 0 radical (unpaired) electrons. The molecule has 1 aromatic heterocycles. The van der Waals surface area contributed by atoms with Crippen molar-refractivity contribution in [1.82, 2.24) is 0 Å². The maximum absolute atomic E-state index is 11.4. The Bertz CT molecular complexity index is 1150. The summed E-state index contributed by atoms with van der Waals surface area (Å²) in [6.45, 7) is 0. The van der Waals surface area contributed by atoms with Gasteiger partial charge in [-0.2, -0.15) is 4.99 Å². The number of nitrogens with two attached hydrogens (primary N) is 1. The highest BCUT2D eigenvalue weighted by atomic mass is 32.2. The van der Waals surface area contributed by atoms with Crippen LogP contribution >= 0.6 is 0 Å². The number of sulfonamides is 1. The maximum Gasteiger partial charge on any atom is 0.229 e. The number of hydrogen-bond acceptors (Lipinski definition) is 7. The minimum Gasteiger partial charge on any atom is -0.497 e. The van der Waals surface area contributed by atoms with Gasteiger partial charge in [0.05, 0.1) is 25.2 Å². The molecule has 2 aromatic carbocycles. The van der Waals surface area contributed by atoms with Crippen LogP contribution in [0.15, 0.2) is 70.3 Å². The standard InChI is InChI=1S/C20H20N4O4S/c1-27-16-9-7-15(8-10-16)24-18(21)17-11-12-28-20(17)22-19(24)13-3-5-14(6-4-13)23-29(2,25)26/h3-12,18,23H,21H2,1-2H3. The van der Waals surface area contributed by atoms with Crippen molar-refractivity contribution < 1.29 is 17.6 Å². The van der Waals surface area contributed by atoms with Gasteiger partial charge in [-0.15, -0.1) is 0 Å². The molecule has 3 aromatic rings. The Morgan fingerprint density at radius 3 is 2.41 bits per heavy atom. The Kier molecular flexibility index (Phi) is 4.77. The predicted octanol–water partition coefficient (Wildman–Crippen LogP) is 3.22. The van der Waals surface area contributed by atoms with Crippen LogP contribution in [0.5, 0.6) is 5.75 Å². The Labute approximate surface area is 168 Å².